The van der Waals surface area contributed by atoms with E-state index in [1.165, 1.54) is 20.0 Å². The fraction of sp³-hybridized carbons (Fsp3) is 0.333. The number of aryl methyl sites for hydroxylation is 1. The molecule has 4 nitrogen and oxygen atoms in total. The lowest BCUT2D eigenvalue weighted by Gasteiger charge is -2.16. The van der Waals surface area contributed by atoms with Gasteiger partial charge in [0.25, 0.3) is 0 Å². The maximum Gasteiger partial charge on any atom is 0.337 e. The van der Waals surface area contributed by atoms with Gasteiger partial charge in [0.1, 0.15) is 0 Å². The van der Waals surface area contributed by atoms with Crippen LogP contribution in [0.4, 0.5) is 0 Å². The standard InChI is InChI=1S/C24H24ClNO3/c1-26-21-10-9-20(25)13-18(21)14-22(26)23(27)19(11-15-3-4-15)12-16-5-7-17(8-6-16)24(28)29-2/h5-10,13-15,19H,3-4,11-12H2,1-2H3/t19-/m0/s1. The van der Waals surface area contributed by atoms with Gasteiger partial charge < -0.3 is 9.30 Å². The highest BCUT2D eigenvalue weighted by atomic mass is 35.5. The Hall–Kier alpha value is -2.59. The number of esters is 1. The van der Waals surface area contributed by atoms with Gasteiger partial charge in [0.2, 0.25) is 0 Å². The number of ether oxygens (including phenoxy) is 1. The number of fused-ring (bicyclic) bond motifs is 1. The predicted octanol–water partition coefficient (Wildman–Crippen LogP) is 5.46. The molecule has 29 heavy (non-hydrogen) atoms. The zero-order valence-corrected chi connectivity index (χ0v) is 17.4. The topological polar surface area (TPSA) is 48.3 Å². The van der Waals surface area contributed by atoms with Gasteiger partial charge in [-0.25, -0.2) is 4.79 Å². The van der Waals surface area contributed by atoms with Gasteiger partial charge in [0.15, 0.2) is 5.78 Å². The monoisotopic (exact) mass is 409 g/mol. The molecule has 0 aliphatic heterocycles. The molecule has 0 spiro atoms. The molecular weight excluding hydrogens is 386 g/mol. The number of halogens is 1. The summed E-state index contributed by atoms with van der Waals surface area (Å²) >= 11 is 6.13. The van der Waals surface area contributed by atoms with E-state index in [-0.39, 0.29) is 17.7 Å². The van der Waals surface area contributed by atoms with Gasteiger partial charge in [-0.05, 0) is 60.7 Å². The summed E-state index contributed by atoms with van der Waals surface area (Å²) in [5, 5.41) is 1.65. The molecule has 1 aliphatic carbocycles. The van der Waals surface area contributed by atoms with Crippen molar-refractivity contribution >= 4 is 34.3 Å². The Bertz CT molecular complexity index is 1060. The van der Waals surface area contributed by atoms with Gasteiger partial charge in [-0.2, -0.15) is 0 Å². The van der Waals surface area contributed by atoms with Crippen LogP contribution in [0.25, 0.3) is 10.9 Å². The van der Waals surface area contributed by atoms with Crippen molar-refractivity contribution in [2.24, 2.45) is 18.9 Å². The van der Waals surface area contributed by atoms with Gasteiger partial charge in [0.05, 0.1) is 18.4 Å². The van der Waals surface area contributed by atoms with Crippen LogP contribution in [0, 0.1) is 11.8 Å². The molecule has 5 heteroatoms. The first-order chi connectivity index (χ1) is 14.0. The zero-order chi connectivity index (χ0) is 20.5. The summed E-state index contributed by atoms with van der Waals surface area (Å²) in [6.45, 7) is 0. The Morgan fingerprint density at radius 2 is 1.86 bits per heavy atom. The zero-order valence-electron chi connectivity index (χ0n) is 16.7. The molecule has 1 aromatic heterocycles. The first-order valence-electron chi connectivity index (χ1n) is 9.92. The number of methoxy groups -OCH3 is 1. The molecule has 3 aromatic rings. The highest BCUT2D eigenvalue weighted by Gasteiger charge is 2.31. The molecule has 0 amide bonds. The molecule has 2 aromatic carbocycles. The highest BCUT2D eigenvalue weighted by molar-refractivity contribution is 6.31. The molecule has 150 valence electrons. The van der Waals surface area contributed by atoms with Gasteiger partial charge >= 0.3 is 5.97 Å². The second kappa shape index (κ2) is 8.03. The fourth-order valence-corrected chi connectivity index (χ4v) is 4.16. The molecule has 0 saturated heterocycles. The molecule has 0 unspecified atom stereocenters. The van der Waals surface area contributed by atoms with Crippen LogP contribution in [0.5, 0.6) is 0 Å². The van der Waals surface area contributed by atoms with E-state index in [1.807, 2.05) is 48.0 Å². The molecule has 1 saturated carbocycles. The first-order valence-corrected chi connectivity index (χ1v) is 10.3. The van der Waals surface area contributed by atoms with Crippen LogP contribution < -0.4 is 0 Å². The van der Waals surface area contributed by atoms with E-state index >= 15 is 0 Å². The lowest BCUT2D eigenvalue weighted by atomic mass is 9.88. The molecule has 0 radical (unpaired) electrons. The third-order valence-corrected chi connectivity index (χ3v) is 6.03. The van der Waals surface area contributed by atoms with E-state index in [9.17, 15) is 9.59 Å². The van der Waals surface area contributed by atoms with Crippen LogP contribution in [0.1, 0.15) is 45.7 Å². The van der Waals surface area contributed by atoms with Crippen molar-refractivity contribution in [3.8, 4) is 0 Å². The summed E-state index contributed by atoms with van der Waals surface area (Å²) in [5.74, 6) is 0.382. The lowest BCUT2D eigenvalue weighted by Crippen LogP contribution is -2.20. The number of benzene rings is 2. The number of rotatable bonds is 7. The maximum absolute atomic E-state index is 13.5. The number of carbonyl (C=O) groups is 2. The largest absolute Gasteiger partial charge is 0.465 e. The van der Waals surface area contributed by atoms with Crippen molar-refractivity contribution in [1.29, 1.82) is 0 Å². The SMILES string of the molecule is COC(=O)c1ccc(C[C@H](CC2CC2)C(=O)c2cc3cc(Cl)ccc3n2C)cc1. The number of aromatic nitrogens is 1. The van der Waals surface area contributed by atoms with Crippen molar-refractivity contribution in [3.05, 3.63) is 70.4 Å². The Kier molecular flexibility index (Phi) is 5.46. The van der Waals surface area contributed by atoms with E-state index < -0.39 is 0 Å². The molecule has 1 atom stereocenters. The number of hydrogen-bond donors (Lipinski definition) is 0. The normalized spacial score (nSPS) is 14.7. The Morgan fingerprint density at radius 1 is 1.14 bits per heavy atom. The molecule has 4 rings (SSSR count). The van der Waals surface area contributed by atoms with E-state index in [0.717, 1.165) is 28.6 Å². The number of carbonyl (C=O) groups excluding carboxylic acids is 2. The van der Waals surface area contributed by atoms with Crippen molar-refractivity contribution in [1.82, 2.24) is 4.57 Å². The minimum Gasteiger partial charge on any atom is -0.465 e. The predicted molar refractivity (Wildman–Crippen MR) is 115 cm³/mol. The number of Topliss-reactive ketones (excluding diaryl/α,β-unsaturated/α-hetero) is 1. The third kappa shape index (κ3) is 4.23. The van der Waals surface area contributed by atoms with Gasteiger partial charge in [-0.15, -0.1) is 0 Å². The molecular formula is C24H24ClNO3. The van der Waals surface area contributed by atoms with Crippen LogP contribution in [-0.4, -0.2) is 23.4 Å². The minimum atomic E-state index is -0.351. The third-order valence-electron chi connectivity index (χ3n) is 5.80. The van der Waals surface area contributed by atoms with Crippen molar-refractivity contribution in [3.63, 3.8) is 0 Å². The molecule has 1 fully saturated rings. The van der Waals surface area contributed by atoms with E-state index in [0.29, 0.717) is 22.9 Å². The maximum atomic E-state index is 13.5. The summed E-state index contributed by atoms with van der Waals surface area (Å²) < 4.78 is 6.73. The first kappa shape index (κ1) is 19.7. The van der Waals surface area contributed by atoms with Crippen molar-refractivity contribution in [2.45, 2.75) is 25.7 Å². The molecule has 1 aliphatic rings. The van der Waals surface area contributed by atoms with Gasteiger partial charge in [-0.3, -0.25) is 4.79 Å². The molecule has 0 N–H and O–H groups in total. The second-order valence-corrected chi connectivity index (χ2v) is 8.36. The van der Waals surface area contributed by atoms with Crippen LogP contribution in [-0.2, 0) is 18.2 Å². The van der Waals surface area contributed by atoms with Crippen LogP contribution >= 0.6 is 11.6 Å². The summed E-state index contributed by atoms with van der Waals surface area (Å²) in [4.78, 5) is 25.1. The fourth-order valence-electron chi connectivity index (χ4n) is 3.98. The van der Waals surface area contributed by atoms with E-state index in [2.05, 4.69) is 0 Å². The number of hydrogen-bond acceptors (Lipinski definition) is 3. The summed E-state index contributed by atoms with van der Waals surface area (Å²) in [6, 6.07) is 15.0. The van der Waals surface area contributed by atoms with E-state index in [1.54, 1.807) is 12.1 Å². The average Bonchev–Trinajstić information content (AvgIpc) is 3.49. The second-order valence-electron chi connectivity index (χ2n) is 7.92. The van der Waals surface area contributed by atoms with Crippen molar-refractivity contribution < 1.29 is 14.3 Å². The lowest BCUT2D eigenvalue weighted by molar-refractivity contribution is 0.0600. The Morgan fingerprint density at radius 3 is 2.52 bits per heavy atom. The highest BCUT2D eigenvalue weighted by Crippen LogP contribution is 2.38. The molecule has 1 heterocycles. The number of ketones is 1. The Balaban J connectivity index is 1.60. The van der Waals surface area contributed by atoms with Crippen LogP contribution in [0.2, 0.25) is 5.02 Å². The van der Waals surface area contributed by atoms with Crippen LogP contribution in [0.3, 0.4) is 0 Å². The van der Waals surface area contributed by atoms with Crippen molar-refractivity contribution in [2.75, 3.05) is 7.11 Å². The summed E-state index contributed by atoms with van der Waals surface area (Å²) in [7, 11) is 3.31. The van der Waals surface area contributed by atoms with Gasteiger partial charge in [-0.1, -0.05) is 36.6 Å². The van der Waals surface area contributed by atoms with E-state index in [4.69, 9.17) is 16.3 Å². The quantitative estimate of drug-likeness (QED) is 0.384. The smallest absolute Gasteiger partial charge is 0.337 e. The Labute approximate surface area is 175 Å². The molecule has 0 bridgehead atoms. The minimum absolute atomic E-state index is 0.0787. The van der Waals surface area contributed by atoms with Gasteiger partial charge in [0, 0.05) is 28.9 Å². The number of nitrogens with zero attached hydrogens (tertiary/aromatic N) is 1. The summed E-state index contributed by atoms with van der Waals surface area (Å²) in [6.07, 6.45) is 3.98. The summed E-state index contributed by atoms with van der Waals surface area (Å²) in [5.41, 5.74) is 3.30. The average molecular weight is 410 g/mol. The van der Waals surface area contributed by atoms with Crippen LogP contribution in [0.15, 0.2) is 48.5 Å².